The maximum atomic E-state index is 10.8. The number of hydrogen-bond donors (Lipinski definition) is 1. The molecule has 2 aromatic rings. The highest BCUT2D eigenvalue weighted by Crippen LogP contribution is 2.39. The highest BCUT2D eigenvalue weighted by atomic mass is 32.1. The molecule has 1 atom stereocenters. The largest absolute Gasteiger partial charge is 0.490 e. The summed E-state index contributed by atoms with van der Waals surface area (Å²) in [6, 6.07) is 7.99. The van der Waals surface area contributed by atoms with Gasteiger partial charge in [0, 0.05) is 22.9 Å². The Morgan fingerprint density at radius 2 is 2.20 bits per heavy atom. The van der Waals surface area contributed by atoms with Crippen LogP contribution in [0.4, 0.5) is 0 Å². The number of allylic oxidation sites excluding steroid dienone is 6. The fourth-order valence-corrected chi connectivity index (χ4v) is 5.32. The zero-order chi connectivity index (χ0) is 24.8. The van der Waals surface area contributed by atoms with Crippen molar-refractivity contribution in [2.45, 2.75) is 58.6 Å². The summed E-state index contributed by atoms with van der Waals surface area (Å²) in [5.41, 5.74) is 6.01. The first-order chi connectivity index (χ1) is 17.0. The average Bonchev–Trinajstić information content (AvgIpc) is 3.26. The molecule has 1 fully saturated rings. The van der Waals surface area contributed by atoms with Crippen LogP contribution >= 0.6 is 11.3 Å². The van der Waals surface area contributed by atoms with Crippen LogP contribution in [0.25, 0.3) is 16.1 Å². The normalized spacial score (nSPS) is 17.6. The number of benzene rings is 1. The topological polar surface area (TPSA) is 100 Å². The molecule has 1 aromatic heterocycles. The third-order valence-corrected chi connectivity index (χ3v) is 6.97. The summed E-state index contributed by atoms with van der Waals surface area (Å²) in [5, 5.41) is 26.7. The number of nitrogens with one attached hydrogen (secondary N) is 1. The Labute approximate surface area is 209 Å². The molecule has 0 spiro atoms. The molecule has 0 aliphatic heterocycles. The lowest BCUT2D eigenvalue weighted by Crippen LogP contribution is -2.34. The van der Waals surface area contributed by atoms with Crippen LogP contribution in [-0.2, 0) is 0 Å². The fourth-order valence-electron chi connectivity index (χ4n) is 4.40. The molecular weight excluding hydrogens is 458 g/mol. The van der Waals surface area contributed by atoms with Gasteiger partial charge in [-0.15, -0.1) is 10.2 Å². The first-order valence-electron chi connectivity index (χ1n) is 11.9. The van der Waals surface area contributed by atoms with Gasteiger partial charge in [-0.3, -0.25) is 0 Å². The highest BCUT2D eigenvalue weighted by molar-refractivity contribution is 7.15. The second kappa shape index (κ2) is 11.2. The molecule has 8 heteroatoms. The zero-order valence-corrected chi connectivity index (χ0v) is 21.1. The number of ether oxygens (including phenoxy) is 1. The van der Waals surface area contributed by atoms with Gasteiger partial charge in [0.15, 0.2) is 0 Å². The second-order valence-electron chi connectivity index (χ2n) is 8.86. The fraction of sp³-hybridized carbons (Fsp3) is 0.370. The van der Waals surface area contributed by atoms with E-state index in [0.717, 1.165) is 52.5 Å². The molecule has 1 unspecified atom stereocenters. The van der Waals surface area contributed by atoms with Crippen molar-refractivity contribution in [1.82, 2.24) is 15.5 Å². The van der Waals surface area contributed by atoms with E-state index in [-0.39, 0.29) is 18.7 Å². The molecule has 1 saturated carbocycles. The SMILES string of the molecule is CC/C=C(/CN=O)NC1CCC2=C(c3nnc(-c4ccc(OC(C)C)c(C#N)c4)s3)C=CC=C1C2. The molecule has 0 radical (unpaired) electrons. The van der Waals surface area contributed by atoms with Crippen molar-refractivity contribution in [3.05, 3.63) is 74.8 Å². The van der Waals surface area contributed by atoms with Crippen LogP contribution in [-0.4, -0.2) is 28.9 Å². The van der Waals surface area contributed by atoms with Crippen LogP contribution < -0.4 is 10.1 Å². The van der Waals surface area contributed by atoms with Gasteiger partial charge in [0.2, 0.25) is 0 Å². The maximum Gasteiger partial charge on any atom is 0.148 e. The van der Waals surface area contributed by atoms with Crippen LogP contribution in [0.15, 0.2) is 64.5 Å². The Balaban J connectivity index is 1.55. The lowest BCUT2D eigenvalue weighted by molar-refractivity contribution is 0.242. The summed E-state index contributed by atoms with van der Waals surface area (Å²) in [7, 11) is 0. The van der Waals surface area contributed by atoms with Crippen LogP contribution in [0.3, 0.4) is 0 Å². The lowest BCUT2D eigenvalue weighted by atomic mass is 9.84. The lowest BCUT2D eigenvalue weighted by Gasteiger charge is -2.29. The molecular formula is C27H29N5O2S. The standard InChI is InChI=1S/C27H29N5O2S/c1-4-6-22(16-29-33)30-24-11-9-18-13-19(24)7-5-8-23(18)27-32-31-26(35-27)20-10-12-25(34-17(2)3)21(14-20)15-28/h5-8,10,12,14,17,24,30H,4,9,11,13,16H2,1-3H3/b22-6-. The summed E-state index contributed by atoms with van der Waals surface area (Å²) >= 11 is 1.53. The van der Waals surface area contributed by atoms with Crippen LogP contribution in [0, 0.1) is 16.2 Å². The van der Waals surface area contributed by atoms with Gasteiger partial charge in [-0.2, -0.15) is 10.2 Å². The van der Waals surface area contributed by atoms with E-state index in [9.17, 15) is 10.2 Å². The number of nitroso groups, excluding NO2 is 1. The molecule has 2 bridgehead atoms. The Morgan fingerprint density at radius 3 is 2.94 bits per heavy atom. The number of nitrogens with zero attached hydrogens (tertiary/aromatic N) is 4. The summed E-state index contributed by atoms with van der Waals surface area (Å²) in [4.78, 5) is 10.8. The van der Waals surface area contributed by atoms with Crippen molar-refractivity contribution >= 4 is 16.9 Å². The Bertz CT molecular complexity index is 1260. The van der Waals surface area contributed by atoms with Gasteiger partial charge in [-0.1, -0.05) is 53.3 Å². The molecule has 4 rings (SSSR count). The number of fused-ring (bicyclic) bond motifs is 2. The van der Waals surface area contributed by atoms with E-state index in [1.165, 1.54) is 22.5 Å². The van der Waals surface area contributed by atoms with Crippen LogP contribution in [0.1, 0.15) is 57.0 Å². The predicted octanol–water partition coefficient (Wildman–Crippen LogP) is 6.32. The van der Waals surface area contributed by atoms with Gasteiger partial charge in [0.1, 0.15) is 28.4 Å². The summed E-state index contributed by atoms with van der Waals surface area (Å²) in [5.74, 6) is 0.581. The number of rotatable bonds is 9. The highest BCUT2D eigenvalue weighted by Gasteiger charge is 2.26. The Kier molecular flexibility index (Phi) is 7.88. The van der Waals surface area contributed by atoms with Crippen molar-refractivity contribution < 1.29 is 4.74 Å². The summed E-state index contributed by atoms with van der Waals surface area (Å²) < 4.78 is 5.74. The molecule has 180 valence electrons. The van der Waals surface area contributed by atoms with E-state index in [1.54, 1.807) is 0 Å². The van der Waals surface area contributed by atoms with Gasteiger partial charge >= 0.3 is 0 Å². The van der Waals surface area contributed by atoms with E-state index >= 15 is 0 Å². The zero-order valence-electron chi connectivity index (χ0n) is 20.2. The molecule has 1 aromatic carbocycles. The van der Waals surface area contributed by atoms with E-state index in [2.05, 4.69) is 51.9 Å². The van der Waals surface area contributed by atoms with Gasteiger partial charge < -0.3 is 10.1 Å². The first-order valence-corrected chi connectivity index (χ1v) is 12.7. The molecule has 2 aliphatic carbocycles. The van der Waals surface area contributed by atoms with Crippen molar-refractivity contribution in [1.29, 1.82) is 5.26 Å². The van der Waals surface area contributed by atoms with Crippen molar-refractivity contribution in [2.24, 2.45) is 5.18 Å². The summed E-state index contributed by atoms with van der Waals surface area (Å²) in [6.07, 6.45) is 12.0. The Hall–Kier alpha value is -3.57. The molecule has 1 heterocycles. The molecule has 35 heavy (non-hydrogen) atoms. The molecule has 0 saturated heterocycles. The first kappa shape index (κ1) is 24.6. The van der Waals surface area contributed by atoms with Gasteiger partial charge in [0.05, 0.1) is 11.7 Å². The third-order valence-electron chi connectivity index (χ3n) is 5.96. The minimum atomic E-state index is -0.00346. The number of hydrogen-bond acceptors (Lipinski definition) is 8. The van der Waals surface area contributed by atoms with Crippen molar-refractivity contribution in [3.63, 3.8) is 0 Å². The van der Waals surface area contributed by atoms with E-state index in [4.69, 9.17) is 4.74 Å². The van der Waals surface area contributed by atoms with Crippen LogP contribution in [0.2, 0.25) is 0 Å². The second-order valence-corrected chi connectivity index (χ2v) is 9.83. The van der Waals surface area contributed by atoms with Crippen LogP contribution in [0.5, 0.6) is 5.75 Å². The van der Waals surface area contributed by atoms with Gasteiger partial charge in [-0.05, 0) is 63.3 Å². The average molecular weight is 488 g/mol. The maximum absolute atomic E-state index is 10.8. The van der Waals surface area contributed by atoms with Crippen molar-refractivity contribution in [3.8, 4) is 22.4 Å². The van der Waals surface area contributed by atoms with Gasteiger partial charge in [0.25, 0.3) is 0 Å². The minimum absolute atomic E-state index is 0.00346. The van der Waals surface area contributed by atoms with E-state index in [1.807, 2.05) is 38.1 Å². The third kappa shape index (κ3) is 5.75. The molecule has 0 amide bonds. The van der Waals surface area contributed by atoms with Crippen molar-refractivity contribution in [2.75, 3.05) is 6.54 Å². The number of nitriles is 1. The monoisotopic (exact) mass is 487 g/mol. The minimum Gasteiger partial charge on any atom is -0.490 e. The summed E-state index contributed by atoms with van der Waals surface area (Å²) in [6.45, 7) is 6.11. The smallest absolute Gasteiger partial charge is 0.148 e. The van der Waals surface area contributed by atoms with E-state index in [0.29, 0.717) is 11.3 Å². The quantitative estimate of drug-likeness (QED) is 0.416. The number of aromatic nitrogens is 2. The molecule has 1 N–H and O–H groups in total. The van der Waals surface area contributed by atoms with E-state index < -0.39 is 0 Å². The molecule has 2 aliphatic rings. The molecule has 7 nitrogen and oxygen atoms in total. The Morgan fingerprint density at radius 1 is 1.37 bits per heavy atom. The van der Waals surface area contributed by atoms with Gasteiger partial charge in [-0.25, -0.2) is 0 Å². The predicted molar refractivity (Wildman–Crippen MR) is 140 cm³/mol.